The van der Waals surface area contributed by atoms with Crippen LogP contribution >= 0.6 is 11.8 Å². The Kier molecular flexibility index (Phi) is 2.12. The third-order valence-corrected chi connectivity index (χ3v) is 4.74. The van der Waals surface area contributed by atoms with Gasteiger partial charge in [-0.1, -0.05) is 0 Å². The Balaban J connectivity index is 2.02. The first-order valence-electron chi connectivity index (χ1n) is 4.44. The van der Waals surface area contributed by atoms with Crippen molar-refractivity contribution in [1.29, 1.82) is 0 Å². The van der Waals surface area contributed by atoms with Gasteiger partial charge in [0.15, 0.2) is 0 Å². The van der Waals surface area contributed by atoms with Gasteiger partial charge in [-0.3, -0.25) is 0 Å². The highest BCUT2D eigenvalue weighted by Crippen LogP contribution is 2.40. The first kappa shape index (κ1) is 7.90. The average molecular weight is 172 g/mol. The zero-order valence-electron chi connectivity index (χ0n) is 6.70. The summed E-state index contributed by atoms with van der Waals surface area (Å²) in [5.74, 6) is 0. The van der Waals surface area contributed by atoms with Crippen molar-refractivity contribution in [2.45, 2.75) is 48.3 Å². The summed E-state index contributed by atoms with van der Waals surface area (Å²) in [4.78, 5) is 0. The Bertz CT molecular complexity index is 135. The Labute approximate surface area is 72.1 Å². The lowest BCUT2D eigenvalue weighted by Gasteiger charge is -2.41. The van der Waals surface area contributed by atoms with E-state index in [9.17, 15) is 0 Å². The molecule has 0 aromatic heterocycles. The Morgan fingerprint density at radius 2 is 1.27 bits per heavy atom. The molecule has 4 N–H and O–H groups in total. The van der Waals surface area contributed by atoms with E-state index in [4.69, 9.17) is 11.5 Å². The first-order valence-corrected chi connectivity index (χ1v) is 5.38. The fourth-order valence-corrected chi connectivity index (χ4v) is 3.74. The second kappa shape index (κ2) is 2.96. The maximum Gasteiger partial charge on any atom is 0.0202 e. The van der Waals surface area contributed by atoms with E-state index in [1.165, 1.54) is 25.7 Å². The zero-order valence-corrected chi connectivity index (χ0v) is 7.52. The zero-order chi connectivity index (χ0) is 7.84. The van der Waals surface area contributed by atoms with Crippen molar-refractivity contribution in [2.75, 3.05) is 0 Å². The molecule has 64 valence electrons. The van der Waals surface area contributed by atoms with Crippen molar-refractivity contribution >= 4 is 11.8 Å². The highest BCUT2D eigenvalue weighted by Gasteiger charge is 2.35. The SMILES string of the molecule is N[C@H]1CC[C@@H]2S[C@H]1CC[C@@H]2N. The van der Waals surface area contributed by atoms with Crippen LogP contribution in [0.1, 0.15) is 25.7 Å². The summed E-state index contributed by atoms with van der Waals surface area (Å²) in [5, 5.41) is 1.43. The molecule has 11 heavy (non-hydrogen) atoms. The lowest BCUT2D eigenvalue weighted by molar-refractivity contribution is 0.406. The maximum atomic E-state index is 5.97. The lowest BCUT2D eigenvalue weighted by atomic mass is 9.92. The van der Waals surface area contributed by atoms with Crippen LogP contribution in [-0.2, 0) is 0 Å². The van der Waals surface area contributed by atoms with Crippen LogP contribution < -0.4 is 11.5 Å². The Morgan fingerprint density at radius 3 is 1.73 bits per heavy atom. The van der Waals surface area contributed by atoms with Crippen molar-refractivity contribution in [2.24, 2.45) is 11.5 Å². The number of fused-ring (bicyclic) bond motifs is 2. The molecular formula is C8H16N2S. The molecule has 0 radical (unpaired) electrons. The quantitative estimate of drug-likeness (QED) is 0.565. The average Bonchev–Trinajstić information content (AvgIpc) is 2.02. The molecule has 0 spiro atoms. The fourth-order valence-electron chi connectivity index (χ4n) is 2.08. The molecule has 0 unspecified atom stereocenters. The molecule has 2 rings (SSSR count). The molecule has 2 saturated heterocycles. The molecular weight excluding hydrogens is 156 g/mol. The van der Waals surface area contributed by atoms with Crippen LogP contribution in [0, 0.1) is 0 Å². The fraction of sp³-hybridized carbons (Fsp3) is 1.00. The minimum Gasteiger partial charge on any atom is -0.327 e. The van der Waals surface area contributed by atoms with Crippen molar-refractivity contribution in [3.05, 3.63) is 0 Å². The minimum atomic E-state index is 0.448. The summed E-state index contributed by atoms with van der Waals surface area (Å²) < 4.78 is 0. The number of thioether (sulfide) groups is 1. The number of rotatable bonds is 0. The van der Waals surface area contributed by atoms with E-state index in [-0.39, 0.29) is 0 Å². The third-order valence-electron chi connectivity index (χ3n) is 2.87. The van der Waals surface area contributed by atoms with Gasteiger partial charge in [0.1, 0.15) is 0 Å². The van der Waals surface area contributed by atoms with Crippen molar-refractivity contribution in [3.8, 4) is 0 Å². The minimum absolute atomic E-state index is 0.448. The largest absolute Gasteiger partial charge is 0.327 e. The normalized spacial score (nSPS) is 50.7. The van der Waals surface area contributed by atoms with Crippen LogP contribution in [0.15, 0.2) is 0 Å². The summed E-state index contributed by atoms with van der Waals surface area (Å²) in [5.41, 5.74) is 11.9. The van der Waals surface area contributed by atoms with Gasteiger partial charge in [-0.05, 0) is 25.7 Å². The Morgan fingerprint density at radius 1 is 0.818 bits per heavy atom. The van der Waals surface area contributed by atoms with Crippen LogP contribution in [0.3, 0.4) is 0 Å². The van der Waals surface area contributed by atoms with E-state index in [2.05, 4.69) is 0 Å². The van der Waals surface area contributed by atoms with Crippen molar-refractivity contribution in [3.63, 3.8) is 0 Å². The van der Waals surface area contributed by atoms with Gasteiger partial charge in [-0.25, -0.2) is 0 Å². The van der Waals surface area contributed by atoms with Gasteiger partial charge in [0, 0.05) is 22.6 Å². The number of hydrogen-bond donors (Lipinski definition) is 2. The molecule has 2 nitrogen and oxygen atoms in total. The molecule has 2 heterocycles. The van der Waals surface area contributed by atoms with Gasteiger partial charge in [-0.2, -0.15) is 11.8 Å². The summed E-state index contributed by atoms with van der Waals surface area (Å²) in [6.45, 7) is 0. The highest BCUT2D eigenvalue weighted by atomic mass is 32.2. The Hall–Kier alpha value is 0.270. The van der Waals surface area contributed by atoms with E-state index in [0.717, 1.165) is 0 Å². The van der Waals surface area contributed by atoms with E-state index in [1.807, 2.05) is 11.8 Å². The molecule has 2 fully saturated rings. The van der Waals surface area contributed by atoms with E-state index < -0.39 is 0 Å². The van der Waals surface area contributed by atoms with Crippen molar-refractivity contribution in [1.82, 2.24) is 0 Å². The predicted octanol–water partition coefficient (Wildman–Crippen LogP) is 0.699. The van der Waals surface area contributed by atoms with Crippen LogP contribution in [0.5, 0.6) is 0 Å². The molecule has 2 aliphatic heterocycles. The van der Waals surface area contributed by atoms with Gasteiger partial charge in [0.05, 0.1) is 0 Å². The molecule has 4 atom stereocenters. The second-order valence-electron chi connectivity index (χ2n) is 3.70. The highest BCUT2D eigenvalue weighted by molar-refractivity contribution is 8.00. The van der Waals surface area contributed by atoms with Gasteiger partial charge in [0.25, 0.3) is 0 Å². The molecule has 0 aromatic rings. The number of nitrogens with two attached hydrogens (primary N) is 2. The molecule has 0 saturated carbocycles. The van der Waals surface area contributed by atoms with Crippen LogP contribution in [0.4, 0.5) is 0 Å². The molecule has 3 heteroatoms. The summed E-state index contributed by atoms with van der Waals surface area (Å²) >= 11 is 2.04. The molecule has 2 bridgehead atoms. The van der Waals surface area contributed by atoms with E-state index >= 15 is 0 Å². The monoisotopic (exact) mass is 172 g/mol. The summed E-state index contributed by atoms with van der Waals surface area (Å²) in [6, 6.07) is 0.896. The maximum absolute atomic E-state index is 5.97. The van der Waals surface area contributed by atoms with Crippen molar-refractivity contribution < 1.29 is 0 Å². The molecule has 2 aliphatic rings. The van der Waals surface area contributed by atoms with E-state index in [1.54, 1.807) is 0 Å². The van der Waals surface area contributed by atoms with Gasteiger partial charge in [0.2, 0.25) is 0 Å². The lowest BCUT2D eigenvalue weighted by Crippen LogP contribution is -2.48. The van der Waals surface area contributed by atoms with Crippen LogP contribution in [0.25, 0.3) is 0 Å². The molecule has 0 aromatic carbocycles. The predicted molar refractivity (Wildman–Crippen MR) is 49.6 cm³/mol. The summed E-state index contributed by atoms with van der Waals surface area (Å²) in [7, 11) is 0. The topological polar surface area (TPSA) is 52.0 Å². The smallest absolute Gasteiger partial charge is 0.0202 e. The van der Waals surface area contributed by atoms with Crippen LogP contribution in [-0.4, -0.2) is 22.6 Å². The standard InChI is InChI=1S/C8H16N2S/c9-5-1-3-7-6(10)2-4-8(5)11-7/h5-8H,1-4,9-10H2/t5-,6-,7-,8-/m0/s1. The van der Waals surface area contributed by atoms with Gasteiger partial charge in [-0.15, -0.1) is 0 Å². The van der Waals surface area contributed by atoms with Crippen LogP contribution in [0.2, 0.25) is 0 Å². The third kappa shape index (κ3) is 1.42. The molecule has 0 amide bonds. The summed E-state index contributed by atoms with van der Waals surface area (Å²) in [6.07, 6.45) is 4.86. The number of hydrogen-bond acceptors (Lipinski definition) is 3. The van der Waals surface area contributed by atoms with E-state index in [0.29, 0.717) is 22.6 Å². The second-order valence-corrected chi connectivity index (χ2v) is 5.18. The van der Waals surface area contributed by atoms with Gasteiger partial charge < -0.3 is 11.5 Å². The van der Waals surface area contributed by atoms with Gasteiger partial charge >= 0.3 is 0 Å². The molecule has 0 aliphatic carbocycles. The first-order chi connectivity index (χ1) is 5.27.